The zero-order valence-electron chi connectivity index (χ0n) is 17.4. The minimum Gasteiger partial charge on any atom is -0.492 e. The van der Waals surface area contributed by atoms with Crippen LogP contribution in [0.15, 0.2) is 47.4 Å². The van der Waals surface area contributed by atoms with Gasteiger partial charge in [0, 0.05) is 49.0 Å². The lowest BCUT2D eigenvalue weighted by atomic mass is 10.2. The number of hydrogen-bond donors (Lipinski definition) is 0. The van der Waals surface area contributed by atoms with E-state index in [1.807, 2.05) is 24.3 Å². The van der Waals surface area contributed by atoms with Crippen LogP contribution in [0.25, 0.3) is 0 Å². The molecule has 1 heterocycles. The van der Waals surface area contributed by atoms with Gasteiger partial charge in [-0.05, 0) is 43.3 Å². The first kappa shape index (κ1) is 23.7. The van der Waals surface area contributed by atoms with Crippen molar-refractivity contribution in [2.75, 3.05) is 51.3 Å². The molecule has 0 atom stereocenters. The number of hydrogen-bond acceptors (Lipinski definition) is 5. The van der Waals surface area contributed by atoms with Gasteiger partial charge in [-0.1, -0.05) is 29.3 Å². The van der Waals surface area contributed by atoms with E-state index in [4.69, 9.17) is 27.9 Å². The Bertz CT molecular complexity index is 1040. The molecule has 2 aromatic rings. The predicted molar refractivity (Wildman–Crippen MR) is 123 cm³/mol. The van der Waals surface area contributed by atoms with Crippen LogP contribution in [0.5, 0.6) is 5.75 Å². The molecule has 31 heavy (non-hydrogen) atoms. The van der Waals surface area contributed by atoms with Crippen LogP contribution >= 0.6 is 23.2 Å². The van der Waals surface area contributed by atoms with E-state index in [0.717, 1.165) is 9.99 Å². The largest absolute Gasteiger partial charge is 0.492 e. The van der Waals surface area contributed by atoms with Crippen LogP contribution in [-0.2, 0) is 14.8 Å². The first-order chi connectivity index (χ1) is 14.7. The van der Waals surface area contributed by atoms with E-state index < -0.39 is 10.0 Å². The fraction of sp³-hybridized carbons (Fsp3) is 0.381. The molecular weight excluding hydrogens is 461 g/mol. The van der Waals surface area contributed by atoms with Crippen LogP contribution in [0.1, 0.15) is 6.92 Å². The zero-order valence-corrected chi connectivity index (χ0v) is 19.8. The number of benzene rings is 2. The predicted octanol–water partition coefficient (Wildman–Crippen LogP) is 3.36. The van der Waals surface area contributed by atoms with Gasteiger partial charge in [-0.15, -0.1) is 0 Å². The lowest BCUT2D eigenvalue weighted by Gasteiger charge is -2.36. The Labute approximate surface area is 193 Å². The molecule has 7 nitrogen and oxygen atoms in total. The van der Waals surface area contributed by atoms with Gasteiger partial charge in [-0.3, -0.25) is 4.79 Å². The molecule has 168 valence electrons. The second-order valence-corrected chi connectivity index (χ2v) is 10.0. The average Bonchev–Trinajstić information content (AvgIpc) is 2.75. The van der Waals surface area contributed by atoms with E-state index >= 15 is 0 Å². The molecule has 0 spiro atoms. The van der Waals surface area contributed by atoms with E-state index in [1.54, 1.807) is 17.9 Å². The minimum atomic E-state index is -3.96. The van der Waals surface area contributed by atoms with Crippen LogP contribution in [0, 0.1) is 0 Å². The third-order valence-corrected chi connectivity index (χ3v) is 7.35. The molecule has 1 saturated heterocycles. The summed E-state index contributed by atoms with van der Waals surface area (Å²) < 4.78 is 32.6. The number of nitrogens with zero attached hydrogens (tertiary/aromatic N) is 3. The molecule has 0 N–H and O–H groups in total. The lowest BCUT2D eigenvalue weighted by molar-refractivity contribution is -0.131. The van der Waals surface area contributed by atoms with Crippen molar-refractivity contribution in [3.8, 4) is 5.75 Å². The molecular formula is C21H25Cl2N3O4S. The fourth-order valence-electron chi connectivity index (χ4n) is 3.39. The summed E-state index contributed by atoms with van der Waals surface area (Å²) in [5.74, 6) is -0.0434. The Kier molecular flexibility index (Phi) is 7.69. The molecule has 1 fully saturated rings. The van der Waals surface area contributed by atoms with Gasteiger partial charge in [-0.25, -0.2) is 8.42 Å². The summed E-state index contributed by atoms with van der Waals surface area (Å²) in [6.07, 6.45) is 0. The third kappa shape index (κ3) is 5.63. The molecule has 1 amide bonds. The third-order valence-electron chi connectivity index (χ3n) is 5.06. The van der Waals surface area contributed by atoms with Crippen molar-refractivity contribution >= 4 is 44.8 Å². The molecule has 0 unspecified atom stereocenters. The Morgan fingerprint density at radius 3 is 2.39 bits per heavy atom. The van der Waals surface area contributed by atoms with E-state index in [2.05, 4.69) is 4.90 Å². The van der Waals surface area contributed by atoms with Gasteiger partial charge in [0.05, 0.1) is 13.2 Å². The summed E-state index contributed by atoms with van der Waals surface area (Å²) in [6.45, 7) is 4.10. The number of carbonyl (C=O) groups is 1. The number of rotatable bonds is 7. The fourth-order valence-corrected chi connectivity index (χ4v) is 5.08. The van der Waals surface area contributed by atoms with Gasteiger partial charge in [0.15, 0.2) is 0 Å². The van der Waals surface area contributed by atoms with Crippen molar-refractivity contribution in [3.63, 3.8) is 0 Å². The van der Waals surface area contributed by atoms with Gasteiger partial charge in [-0.2, -0.15) is 4.31 Å². The number of carbonyl (C=O) groups excluding carboxylic acids is 1. The summed E-state index contributed by atoms with van der Waals surface area (Å²) in [7, 11) is -2.57. The van der Waals surface area contributed by atoms with Crippen molar-refractivity contribution in [1.82, 2.24) is 9.21 Å². The number of anilines is 1. The van der Waals surface area contributed by atoms with Gasteiger partial charge in [0.25, 0.3) is 0 Å². The molecule has 10 heteroatoms. The Morgan fingerprint density at radius 1 is 1.06 bits per heavy atom. The number of ether oxygens (including phenoxy) is 1. The molecule has 0 aliphatic carbocycles. The summed E-state index contributed by atoms with van der Waals surface area (Å²) in [6, 6.07) is 12.0. The van der Waals surface area contributed by atoms with Gasteiger partial charge in [0.2, 0.25) is 15.9 Å². The highest BCUT2D eigenvalue weighted by Gasteiger charge is 2.29. The van der Waals surface area contributed by atoms with E-state index in [0.29, 0.717) is 37.8 Å². The SMILES string of the molecule is CCOc1ccc(Cl)cc1S(=O)(=O)N(C)CC(=O)N1CCN(c2cccc(Cl)c2)CC1. The molecule has 1 aliphatic heterocycles. The summed E-state index contributed by atoms with van der Waals surface area (Å²) in [4.78, 5) is 16.6. The van der Waals surface area contributed by atoms with Gasteiger partial charge < -0.3 is 14.5 Å². The van der Waals surface area contributed by atoms with Crippen molar-refractivity contribution in [2.45, 2.75) is 11.8 Å². The maximum Gasteiger partial charge on any atom is 0.247 e. The Hall–Kier alpha value is -2.00. The average molecular weight is 486 g/mol. The number of halogens is 2. The standard InChI is InChI=1S/C21H25Cl2N3O4S/c1-3-30-19-8-7-17(23)14-20(19)31(28,29)24(2)15-21(27)26-11-9-25(10-12-26)18-6-4-5-16(22)13-18/h4-8,13-14H,3,9-12,15H2,1-2H3. The minimum absolute atomic E-state index is 0.0528. The topological polar surface area (TPSA) is 70.2 Å². The number of amides is 1. The molecule has 0 aromatic heterocycles. The maximum absolute atomic E-state index is 13.1. The second kappa shape index (κ2) is 10.1. The molecule has 2 aromatic carbocycles. The molecule has 0 bridgehead atoms. The monoisotopic (exact) mass is 485 g/mol. The molecule has 0 saturated carbocycles. The normalized spacial score (nSPS) is 14.7. The zero-order chi connectivity index (χ0) is 22.6. The van der Waals surface area contributed by atoms with Crippen LogP contribution < -0.4 is 9.64 Å². The molecule has 0 radical (unpaired) electrons. The highest BCUT2D eigenvalue weighted by atomic mass is 35.5. The number of likely N-dealkylation sites (N-methyl/N-ethyl adjacent to an activating group) is 1. The van der Waals surface area contributed by atoms with Crippen LogP contribution in [0.2, 0.25) is 10.0 Å². The summed E-state index contributed by atoms with van der Waals surface area (Å²) in [5.41, 5.74) is 1.00. The smallest absolute Gasteiger partial charge is 0.247 e. The van der Waals surface area contributed by atoms with Crippen molar-refractivity contribution in [2.24, 2.45) is 0 Å². The van der Waals surface area contributed by atoms with Gasteiger partial charge in [0.1, 0.15) is 10.6 Å². The first-order valence-corrected chi connectivity index (χ1v) is 12.1. The van der Waals surface area contributed by atoms with Crippen LogP contribution in [0.4, 0.5) is 5.69 Å². The van der Waals surface area contributed by atoms with E-state index in [1.165, 1.54) is 19.2 Å². The lowest BCUT2D eigenvalue weighted by Crippen LogP contribution is -2.51. The summed E-state index contributed by atoms with van der Waals surface area (Å²) >= 11 is 12.1. The molecule has 3 rings (SSSR count). The van der Waals surface area contributed by atoms with Gasteiger partial charge >= 0.3 is 0 Å². The summed E-state index contributed by atoms with van der Waals surface area (Å²) in [5, 5.41) is 0.939. The van der Waals surface area contributed by atoms with E-state index in [9.17, 15) is 13.2 Å². The highest BCUT2D eigenvalue weighted by Crippen LogP contribution is 2.29. The van der Waals surface area contributed by atoms with Crippen molar-refractivity contribution < 1.29 is 17.9 Å². The number of piperazine rings is 1. The molecule has 1 aliphatic rings. The van der Waals surface area contributed by atoms with E-state index in [-0.39, 0.29) is 28.1 Å². The highest BCUT2D eigenvalue weighted by molar-refractivity contribution is 7.89. The Balaban J connectivity index is 1.65. The quantitative estimate of drug-likeness (QED) is 0.601. The number of sulfonamides is 1. The van der Waals surface area contributed by atoms with Crippen LogP contribution in [0.3, 0.4) is 0 Å². The maximum atomic E-state index is 13.1. The first-order valence-electron chi connectivity index (χ1n) is 9.89. The second-order valence-electron chi connectivity index (χ2n) is 7.13. The Morgan fingerprint density at radius 2 is 1.74 bits per heavy atom. The van der Waals surface area contributed by atoms with Crippen LogP contribution in [-0.4, -0.2) is 69.9 Å². The van der Waals surface area contributed by atoms with Crippen molar-refractivity contribution in [1.29, 1.82) is 0 Å². The van der Waals surface area contributed by atoms with Crippen molar-refractivity contribution in [3.05, 3.63) is 52.5 Å².